The van der Waals surface area contributed by atoms with E-state index in [0.717, 1.165) is 36.5 Å². The smallest absolute Gasteiger partial charge is 0.208 e. The molecule has 0 radical (unpaired) electrons. The second-order valence-corrected chi connectivity index (χ2v) is 6.05. The zero-order valence-corrected chi connectivity index (χ0v) is 13.2. The lowest BCUT2D eigenvalue weighted by Crippen LogP contribution is -2.35. The first kappa shape index (κ1) is 15.5. The van der Waals surface area contributed by atoms with Crippen molar-refractivity contribution in [1.29, 1.82) is 0 Å². The van der Waals surface area contributed by atoms with Crippen molar-refractivity contribution >= 4 is 0 Å². The summed E-state index contributed by atoms with van der Waals surface area (Å²) in [6.45, 7) is 6.90. The molecule has 1 heterocycles. The zero-order chi connectivity index (χ0) is 14.4. The third-order valence-electron chi connectivity index (χ3n) is 4.41. The molecule has 1 aromatic heterocycles. The minimum atomic E-state index is 0.738. The monoisotopic (exact) mass is 279 g/mol. The zero-order valence-electron chi connectivity index (χ0n) is 13.2. The molecule has 1 aliphatic rings. The molecule has 0 saturated heterocycles. The minimum absolute atomic E-state index is 0.738. The first-order valence-corrected chi connectivity index (χ1v) is 8.00. The lowest BCUT2D eigenvalue weighted by atomic mass is 9.94. The van der Waals surface area contributed by atoms with Crippen LogP contribution in [-0.4, -0.2) is 36.1 Å². The van der Waals surface area contributed by atoms with E-state index >= 15 is 0 Å². The Morgan fingerprint density at radius 2 is 2.00 bits per heavy atom. The molecule has 1 N–H and O–H groups in total. The lowest BCUT2D eigenvalue weighted by Gasteiger charge is -2.31. The molecule has 4 heteroatoms. The van der Waals surface area contributed by atoms with Crippen molar-refractivity contribution in [3.05, 3.63) is 17.3 Å². The van der Waals surface area contributed by atoms with Gasteiger partial charge in [0.25, 0.3) is 0 Å². The highest BCUT2D eigenvalue weighted by atomic mass is 16.4. The van der Waals surface area contributed by atoms with Gasteiger partial charge in [-0.2, -0.15) is 0 Å². The number of oxazole rings is 1. The van der Waals surface area contributed by atoms with Gasteiger partial charge in [0.15, 0.2) is 0 Å². The Morgan fingerprint density at radius 1 is 1.25 bits per heavy atom. The Kier molecular flexibility index (Phi) is 6.05. The van der Waals surface area contributed by atoms with Crippen LogP contribution < -0.4 is 5.32 Å². The molecular formula is C16H29N3O. The summed E-state index contributed by atoms with van der Waals surface area (Å²) in [5.74, 6) is 1.74. The van der Waals surface area contributed by atoms with Crippen molar-refractivity contribution in [3.8, 4) is 0 Å². The van der Waals surface area contributed by atoms with E-state index in [4.69, 9.17) is 4.42 Å². The van der Waals surface area contributed by atoms with E-state index in [-0.39, 0.29) is 0 Å². The van der Waals surface area contributed by atoms with Crippen LogP contribution in [0.5, 0.6) is 0 Å². The molecule has 0 aromatic carbocycles. The topological polar surface area (TPSA) is 41.3 Å². The number of nitrogens with zero attached hydrogens (tertiary/aromatic N) is 2. The Labute approximate surface area is 122 Å². The van der Waals surface area contributed by atoms with E-state index in [1.54, 1.807) is 0 Å². The van der Waals surface area contributed by atoms with E-state index in [1.165, 1.54) is 45.1 Å². The molecule has 1 fully saturated rings. The summed E-state index contributed by atoms with van der Waals surface area (Å²) in [5, 5.41) is 3.42. The van der Waals surface area contributed by atoms with E-state index in [2.05, 4.69) is 22.2 Å². The third-order valence-corrected chi connectivity index (χ3v) is 4.41. The number of hydrogen-bond acceptors (Lipinski definition) is 4. The summed E-state index contributed by atoms with van der Waals surface area (Å²) in [4.78, 5) is 6.92. The van der Waals surface area contributed by atoms with Crippen LogP contribution in [0.25, 0.3) is 0 Å². The number of hydrogen-bond donors (Lipinski definition) is 1. The molecule has 4 nitrogen and oxygen atoms in total. The van der Waals surface area contributed by atoms with Gasteiger partial charge in [-0.1, -0.05) is 19.3 Å². The number of rotatable bonds is 7. The molecule has 0 unspecified atom stereocenters. The molecule has 20 heavy (non-hydrogen) atoms. The molecule has 114 valence electrons. The fourth-order valence-electron chi connectivity index (χ4n) is 2.97. The quantitative estimate of drug-likeness (QED) is 0.779. The van der Waals surface area contributed by atoms with Crippen LogP contribution >= 0.6 is 0 Å². The number of aryl methyl sites for hydroxylation is 2. The predicted molar refractivity (Wildman–Crippen MR) is 81.8 cm³/mol. The fraction of sp³-hybridized carbons (Fsp3) is 0.812. The van der Waals surface area contributed by atoms with Gasteiger partial charge in [0.1, 0.15) is 5.76 Å². The summed E-state index contributed by atoms with van der Waals surface area (Å²) >= 11 is 0. The average Bonchev–Trinajstić information content (AvgIpc) is 2.78. The second kappa shape index (κ2) is 7.79. The largest absolute Gasteiger partial charge is 0.444 e. The van der Waals surface area contributed by atoms with Crippen molar-refractivity contribution in [1.82, 2.24) is 15.2 Å². The van der Waals surface area contributed by atoms with E-state index in [9.17, 15) is 0 Å². The molecule has 0 aliphatic heterocycles. The predicted octanol–water partition coefficient (Wildman–Crippen LogP) is 3.04. The van der Waals surface area contributed by atoms with Crippen LogP contribution in [0.4, 0.5) is 0 Å². The summed E-state index contributed by atoms with van der Waals surface area (Å²) in [6, 6.07) is 0.820. The van der Waals surface area contributed by atoms with Gasteiger partial charge in [-0.15, -0.1) is 0 Å². The Bertz CT molecular complexity index is 377. The molecule has 0 atom stereocenters. The summed E-state index contributed by atoms with van der Waals surface area (Å²) in [6.07, 6.45) is 8.22. The van der Waals surface area contributed by atoms with Crippen LogP contribution in [0, 0.1) is 13.8 Å². The molecule has 0 bridgehead atoms. The highest BCUT2D eigenvalue weighted by molar-refractivity contribution is 5.05. The van der Waals surface area contributed by atoms with E-state index in [0.29, 0.717) is 0 Å². The maximum Gasteiger partial charge on any atom is 0.208 e. The van der Waals surface area contributed by atoms with Gasteiger partial charge < -0.3 is 14.6 Å². The molecule has 0 spiro atoms. The summed E-state index contributed by atoms with van der Waals surface area (Å²) in [5.41, 5.74) is 0.999. The number of aromatic nitrogens is 1. The van der Waals surface area contributed by atoms with Gasteiger partial charge in [0.2, 0.25) is 5.89 Å². The van der Waals surface area contributed by atoms with Crippen molar-refractivity contribution in [2.45, 2.75) is 65.0 Å². The average molecular weight is 279 g/mol. The van der Waals surface area contributed by atoms with Crippen molar-refractivity contribution in [2.24, 2.45) is 0 Å². The third kappa shape index (κ3) is 4.60. The van der Waals surface area contributed by atoms with Crippen LogP contribution in [0.3, 0.4) is 0 Å². The maximum absolute atomic E-state index is 5.55. The van der Waals surface area contributed by atoms with Crippen LogP contribution in [0.2, 0.25) is 0 Å². The molecule has 1 aromatic rings. The second-order valence-electron chi connectivity index (χ2n) is 6.05. The Balaban J connectivity index is 1.56. The molecule has 1 saturated carbocycles. The maximum atomic E-state index is 5.55. The van der Waals surface area contributed by atoms with Gasteiger partial charge in [-0.05, 0) is 53.2 Å². The van der Waals surface area contributed by atoms with E-state index < -0.39 is 0 Å². The molecule has 1 aliphatic carbocycles. The van der Waals surface area contributed by atoms with Crippen LogP contribution in [0.1, 0.15) is 55.9 Å². The standard InChI is InChI=1S/C16H29N3O/c1-13-14(2)20-16(18-13)12-17-10-7-11-19(3)15-8-5-4-6-9-15/h15,17H,4-12H2,1-3H3. The minimum Gasteiger partial charge on any atom is -0.444 e. The van der Waals surface area contributed by atoms with Crippen LogP contribution in [-0.2, 0) is 6.54 Å². The van der Waals surface area contributed by atoms with Gasteiger partial charge >= 0.3 is 0 Å². The highest BCUT2D eigenvalue weighted by Gasteiger charge is 2.17. The van der Waals surface area contributed by atoms with Crippen molar-refractivity contribution in [3.63, 3.8) is 0 Å². The van der Waals surface area contributed by atoms with Gasteiger partial charge in [0.05, 0.1) is 12.2 Å². The molecule has 2 rings (SSSR count). The Morgan fingerprint density at radius 3 is 2.65 bits per heavy atom. The molecule has 0 amide bonds. The normalized spacial score (nSPS) is 17.0. The van der Waals surface area contributed by atoms with Crippen molar-refractivity contribution in [2.75, 3.05) is 20.1 Å². The Hall–Kier alpha value is -0.870. The summed E-state index contributed by atoms with van der Waals surface area (Å²) in [7, 11) is 2.27. The lowest BCUT2D eigenvalue weighted by molar-refractivity contribution is 0.189. The fourth-order valence-corrected chi connectivity index (χ4v) is 2.97. The molecular weight excluding hydrogens is 250 g/mol. The highest BCUT2D eigenvalue weighted by Crippen LogP contribution is 2.21. The number of nitrogens with one attached hydrogen (secondary N) is 1. The first-order chi connectivity index (χ1) is 9.66. The van der Waals surface area contributed by atoms with Gasteiger partial charge in [-0.25, -0.2) is 4.98 Å². The van der Waals surface area contributed by atoms with Crippen molar-refractivity contribution < 1.29 is 4.42 Å². The van der Waals surface area contributed by atoms with E-state index in [1.807, 2.05) is 13.8 Å². The van der Waals surface area contributed by atoms with Gasteiger partial charge in [0, 0.05) is 6.04 Å². The summed E-state index contributed by atoms with van der Waals surface area (Å²) < 4.78 is 5.55. The SMILES string of the molecule is Cc1nc(CNCCCN(C)C2CCCCC2)oc1C. The van der Waals surface area contributed by atoms with Gasteiger partial charge in [-0.3, -0.25) is 0 Å². The van der Waals surface area contributed by atoms with Crippen LogP contribution in [0.15, 0.2) is 4.42 Å². The first-order valence-electron chi connectivity index (χ1n) is 8.00.